The van der Waals surface area contributed by atoms with Gasteiger partial charge in [0.25, 0.3) is 0 Å². The highest BCUT2D eigenvalue weighted by Crippen LogP contribution is 2.23. The third kappa shape index (κ3) is 3.18. The number of aliphatic hydroxyl groups is 1. The average Bonchev–Trinajstić information content (AvgIpc) is 2.26. The molecule has 1 saturated carbocycles. The van der Waals surface area contributed by atoms with Crippen LogP contribution in [-0.2, 0) is 0 Å². The molecule has 0 spiro atoms. The van der Waals surface area contributed by atoms with E-state index in [0.29, 0.717) is 18.6 Å². The number of nitrogens with zero attached hydrogens (tertiary/aromatic N) is 1. The molecule has 14 heavy (non-hydrogen) atoms. The smallest absolute Gasteiger partial charge is 0.190 e. The van der Waals surface area contributed by atoms with Crippen LogP contribution >= 0.6 is 0 Å². The van der Waals surface area contributed by atoms with Crippen molar-refractivity contribution in [2.45, 2.75) is 31.7 Å². The molecule has 1 rings (SSSR count). The summed E-state index contributed by atoms with van der Waals surface area (Å²) >= 11 is 0. The lowest BCUT2D eigenvalue weighted by Gasteiger charge is -2.28. The van der Waals surface area contributed by atoms with Crippen LogP contribution in [0.5, 0.6) is 0 Å². The van der Waals surface area contributed by atoms with Gasteiger partial charge >= 0.3 is 0 Å². The van der Waals surface area contributed by atoms with Gasteiger partial charge in [0.2, 0.25) is 0 Å². The average molecular weight is 199 g/mol. The number of hydrogen-bond acceptors (Lipinski definition) is 2. The maximum Gasteiger partial charge on any atom is 0.190 e. The Labute approximate surface area is 85.8 Å². The summed E-state index contributed by atoms with van der Waals surface area (Å²) in [6.07, 6.45) is 4.50. The predicted molar refractivity (Wildman–Crippen MR) is 58.4 cm³/mol. The fraction of sp³-hybridized carbons (Fsp3) is 0.900. The van der Waals surface area contributed by atoms with Crippen molar-refractivity contribution in [3.05, 3.63) is 0 Å². The standard InChI is InChI=1S/C10H21N3O/c1-11-10(12-2)13-9-5-3-8(7-14)4-6-9/h8-9,14H,3-7H2,1-2H3,(H2,11,12,13)/t8-,9-. The van der Waals surface area contributed by atoms with Gasteiger partial charge in [-0.25, -0.2) is 0 Å². The minimum Gasteiger partial charge on any atom is -0.396 e. The van der Waals surface area contributed by atoms with Crippen molar-refractivity contribution in [2.75, 3.05) is 20.7 Å². The summed E-state index contributed by atoms with van der Waals surface area (Å²) in [4.78, 5) is 4.08. The normalized spacial score (nSPS) is 28.6. The summed E-state index contributed by atoms with van der Waals surface area (Å²) in [5, 5.41) is 15.4. The molecule has 0 amide bonds. The van der Waals surface area contributed by atoms with Crippen LogP contribution in [0.25, 0.3) is 0 Å². The summed E-state index contributed by atoms with van der Waals surface area (Å²) in [6, 6.07) is 0.518. The second kappa shape index (κ2) is 5.86. The molecule has 0 saturated heterocycles. The molecule has 0 aromatic carbocycles. The van der Waals surface area contributed by atoms with Gasteiger partial charge in [-0.15, -0.1) is 0 Å². The fourth-order valence-corrected chi connectivity index (χ4v) is 1.93. The molecule has 0 aliphatic heterocycles. The van der Waals surface area contributed by atoms with Crippen molar-refractivity contribution in [1.29, 1.82) is 0 Å². The lowest BCUT2D eigenvalue weighted by Crippen LogP contribution is -2.43. The summed E-state index contributed by atoms with van der Waals surface area (Å²) in [6.45, 7) is 0.341. The summed E-state index contributed by atoms with van der Waals surface area (Å²) in [5.41, 5.74) is 0. The second-order valence-corrected chi connectivity index (χ2v) is 3.87. The first-order chi connectivity index (χ1) is 6.80. The molecule has 0 radical (unpaired) electrons. The molecular weight excluding hydrogens is 178 g/mol. The Hall–Kier alpha value is -0.770. The van der Waals surface area contributed by atoms with Gasteiger partial charge in [0.1, 0.15) is 0 Å². The molecule has 0 heterocycles. The van der Waals surface area contributed by atoms with Crippen molar-refractivity contribution in [3.63, 3.8) is 0 Å². The van der Waals surface area contributed by atoms with Gasteiger partial charge < -0.3 is 15.7 Å². The monoisotopic (exact) mass is 199 g/mol. The predicted octanol–water partition coefficient (Wildman–Crippen LogP) is 0.332. The molecule has 0 bridgehead atoms. The van der Waals surface area contributed by atoms with E-state index in [2.05, 4.69) is 15.6 Å². The first-order valence-corrected chi connectivity index (χ1v) is 5.32. The number of hydrogen-bond donors (Lipinski definition) is 3. The fourth-order valence-electron chi connectivity index (χ4n) is 1.93. The minimum absolute atomic E-state index is 0.341. The van der Waals surface area contributed by atoms with Gasteiger partial charge in [0.05, 0.1) is 0 Å². The number of guanidine groups is 1. The van der Waals surface area contributed by atoms with Gasteiger partial charge in [-0.2, -0.15) is 0 Å². The van der Waals surface area contributed by atoms with Gasteiger partial charge in [-0.1, -0.05) is 0 Å². The second-order valence-electron chi connectivity index (χ2n) is 3.87. The maximum absolute atomic E-state index is 9.00. The third-order valence-electron chi connectivity index (χ3n) is 2.91. The Balaban J connectivity index is 2.28. The van der Waals surface area contributed by atoms with Crippen LogP contribution in [0.1, 0.15) is 25.7 Å². The van der Waals surface area contributed by atoms with E-state index in [1.807, 2.05) is 7.05 Å². The van der Waals surface area contributed by atoms with E-state index in [9.17, 15) is 0 Å². The Morgan fingerprint density at radius 3 is 2.43 bits per heavy atom. The van der Waals surface area contributed by atoms with Gasteiger partial charge in [-0.05, 0) is 31.6 Å². The number of aliphatic imine (C=N–C) groups is 1. The Morgan fingerprint density at radius 1 is 1.36 bits per heavy atom. The van der Waals surface area contributed by atoms with Crippen LogP contribution in [0.3, 0.4) is 0 Å². The molecule has 1 fully saturated rings. The molecule has 1 aliphatic carbocycles. The van der Waals surface area contributed by atoms with Crippen LogP contribution in [0, 0.1) is 5.92 Å². The number of nitrogens with one attached hydrogen (secondary N) is 2. The van der Waals surface area contributed by atoms with Crippen molar-refractivity contribution >= 4 is 5.96 Å². The zero-order chi connectivity index (χ0) is 10.4. The van der Waals surface area contributed by atoms with E-state index in [1.165, 1.54) is 0 Å². The summed E-state index contributed by atoms with van der Waals surface area (Å²) in [5.74, 6) is 1.38. The Morgan fingerprint density at radius 2 is 2.00 bits per heavy atom. The van der Waals surface area contributed by atoms with E-state index in [-0.39, 0.29) is 0 Å². The largest absolute Gasteiger partial charge is 0.396 e. The quantitative estimate of drug-likeness (QED) is 0.444. The van der Waals surface area contributed by atoms with Gasteiger partial charge in [-0.3, -0.25) is 4.99 Å². The highest BCUT2D eigenvalue weighted by atomic mass is 16.3. The van der Waals surface area contributed by atoms with Crippen LogP contribution in [-0.4, -0.2) is 37.8 Å². The van der Waals surface area contributed by atoms with Crippen molar-refractivity contribution < 1.29 is 5.11 Å². The lowest BCUT2D eigenvalue weighted by molar-refractivity contribution is 0.179. The van der Waals surface area contributed by atoms with Crippen LogP contribution < -0.4 is 10.6 Å². The zero-order valence-electron chi connectivity index (χ0n) is 9.08. The molecule has 0 unspecified atom stereocenters. The highest BCUT2D eigenvalue weighted by molar-refractivity contribution is 5.79. The van der Waals surface area contributed by atoms with Gasteiger partial charge in [0.15, 0.2) is 5.96 Å². The van der Waals surface area contributed by atoms with E-state index in [0.717, 1.165) is 31.6 Å². The van der Waals surface area contributed by atoms with E-state index in [1.54, 1.807) is 7.05 Å². The maximum atomic E-state index is 9.00. The van der Waals surface area contributed by atoms with Crippen molar-refractivity contribution in [2.24, 2.45) is 10.9 Å². The van der Waals surface area contributed by atoms with Crippen molar-refractivity contribution in [1.82, 2.24) is 10.6 Å². The minimum atomic E-state index is 0.341. The molecule has 0 aromatic heterocycles. The molecule has 3 N–H and O–H groups in total. The summed E-state index contributed by atoms with van der Waals surface area (Å²) in [7, 11) is 3.65. The molecule has 0 aromatic rings. The molecule has 0 atom stereocenters. The first-order valence-electron chi connectivity index (χ1n) is 5.32. The highest BCUT2D eigenvalue weighted by Gasteiger charge is 2.20. The molecule has 4 heteroatoms. The number of aliphatic hydroxyl groups excluding tert-OH is 1. The molecule has 1 aliphatic rings. The van der Waals surface area contributed by atoms with Crippen molar-refractivity contribution in [3.8, 4) is 0 Å². The zero-order valence-corrected chi connectivity index (χ0v) is 9.08. The third-order valence-corrected chi connectivity index (χ3v) is 2.91. The Bertz CT molecular complexity index is 186. The van der Waals surface area contributed by atoms with Gasteiger partial charge in [0, 0.05) is 26.7 Å². The topological polar surface area (TPSA) is 56.7 Å². The molecule has 4 nitrogen and oxygen atoms in total. The molecular formula is C10H21N3O. The van der Waals surface area contributed by atoms with Crippen LogP contribution in [0.15, 0.2) is 4.99 Å². The SMILES string of the molecule is C/N=C(\NC)N[C@H]1CC[C@H](CO)CC1. The van der Waals surface area contributed by atoms with E-state index >= 15 is 0 Å². The van der Waals surface area contributed by atoms with Crippen LogP contribution in [0.4, 0.5) is 0 Å². The molecule has 82 valence electrons. The Kier molecular flexibility index (Phi) is 4.73. The first kappa shape index (κ1) is 11.3. The summed E-state index contributed by atoms with van der Waals surface area (Å²) < 4.78 is 0. The van der Waals surface area contributed by atoms with Crippen LogP contribution in [0.2, 0.25) is 0 Å². The van der Waals surface area contributed by atoms with E-state index < -0.39 is 0 Å². The number of rotatable bonds is 2. The lowest BCUT2D eigenvalue weighted by atomic mass is 9.87. The van der Waals surface area contributed by atoms with E-state index in [4.69, 9.17) is 5.11 Å².